The number of rotatable bonds is 3. The van der Waals surface area contributed by atoms with Gasteiger partial charge < -0.3 is 19.6 Å². The molecule has 0 saturated carbocycles. The third-order valence-electron chi connectivity index (χ3n) is 4.12. The third kappa shape index (κ3) is 3.81. The number of ether oxygens (including phenoxy) is 1. The predicted octanol–water partition coefficient (Wildman–Crippen LogP) is 2.44. The number of benzene rings is 1. The number of carbonyl (C=O) groups is 1. The van der Waals surface area contributed by atoms with Crippen molar-refractivity contribution in [1.29, 1.82) is 0 Å². The molecular formula is C18H22N4O3. The van der Waals surface area contributed by atoms with Crippen molar-refractivity contribution < 1.29 is 14.6 Å². The first kappa shape index (κ1) is 17.0. The van der Waals surface area contributed by atoms with Crippen LogP contribution in [0.15, 0.2) is 30.3 Å². The fourth-order valence-electron chi connectivity index (χ4n) is 2.83. The van der Waals surface area contributed by atoms with Gasteiger partial charge in [0.1, 0.15) is 11.6 Å². The first-order chi connectivity index (χ1) is 12.1. The SMILES string of the molecule is CCOC(=O)N1CCN(c2cc(C)nc(-c3ccccc3O)n2)CC1. The Balaban J connectivity index is 1.78. The summed E-state index contributed by atoms with van der Waals surface area (Å²) >= 11 is 0. The first-order valence-electron chi connectivity index (χ1n) is 8.39. The number of carbonyl (C=O) groups excluding carboxylic acids is 1. The average molecular weight is 342 g/mol. The molecular weight excluding hydrogens is 320 g/mol. The van der Waals surface area contributed by atoms with Crippen molar-refractivity contribution in [3.8, 4) is 17.1 Å². The highest BCUT2D eigenvalue weighted by Crippen LogP contribution is 2.27. The summed E-state index contributed by atoms with van der Waals surface area (Å²) in [7, 11) is 0. The second-order valence-electron chi connectivity index (χ2n) is 5.88. The molecule has 0 unspecified atom stereocenters. The molecule has 1 fully saturated rings. The molecule has 1 amide bonds. The summed E-state index contributed by atoms with van der Waals surface area (Å²) in [4.78, 5) is 24.7. The zero-order chi connectivity index (χ0) is 17.8. The molecule has 1 aromatic heterocycles. The summed E-state index contributed by atoms with van der Waals surface area (Å²) in [6.45, 7) is 6.63. The normalized spacial score (nSPS) is 14.5. The molecule has 0 aliphatic carbocycles. The minimum absolute atomic E-state index is 0.159. The Morgan fingerprint density at radius 1 is 1.20 bits per heavy atom. The fourth-order valence-corrected chi connectivity index (χ4v) is 2.83. The van der Waals surface area contributed by atoms with Gasteiger partial charge in [-0.05, 0) is 26.0 Å². The predicted molar refractivity (Wildman–Crippen MR) is 94.7 cm³/mol. The van der Waals surface area contributed by atoms with E-state index in [9.17, 15) is 9.90 Å². The number of para-hydroxylation sites is 1. The van der Waals surface area contributed by atoms with Crippen LogP contribution < -0.4 is 4.90 Å². The van der Waals surface area contributed by atoms with Crippen molar-refractivity contribution in [3.63, 3.8) is 0 Å². The summed E-state index contributed by atoms with van der Waals surface area (Å²) in [5.74, 6) is 1.46. The minimum atomic E-state index is -0.268. The van der Waals surface area contributed by atoms with Crippen LogP contribution >= 0.6 is 0 Å². The number of aromatic hydroxyl groups is 1. The molecule has 1 aliphatic heterocycles. The quantitative estimate of drug-likeness (QED) is 0.923. The van der Waals surface area contributed by atoms with E-state index < -0.39 is 0 Å². The second kappa shape index (κ2) is 7.38. The molecule has 0 atom stereocenters. The van der Waals surface area contributed by atoms with Gasteiger partial charge in [0.2, 0.25) is 0 Å². The van der Waals surface area contributed by atoms with E-state index in [1.54, 1.807) is 30.0 Å². The third-order valence-corrected chi connectivity index (χ3v) is 4.12. The zero-order valence-electron chi connectivity index (χ0n) is 14.5. The minimum Gasteiger partial charge on any atom is -0.507 e. The standard InChI is InChI=1S/C18H22N4O3/c1-3-25-18(24)22-10-8-21(9-11-22)16-12-13(2)19-17(20-16)14-6-4-5-7-15(14)23/h4-7,12,23H,3,8-11H2,1-2H3. The summed E-state index contributed by atoms with van der Waals surface area (Å²) < 4.78 is 5.05. The number of anilines is 1. The van der Waals surface area contributed by atoms with Gasteiger partial charge in [-0.3, -0.25) is 0 Å². The molecule has 0 radical (unpaired) electrons. The van der Waals surface area contributed by atoms with Crippen molar-refractivity contribution in [3.05, 3.63) is 36.0 Å². The van der Waals surface area contributed by atoms with Crippen LogP contribution in [0, 0.1) is 6.92 Å². The Bertz CT molecular complexity index is 758. The topological polar surface area (TPSA) is 78.8 Å². The number of hydrogen-bond acceptors (Lipinski definition) is 6. The second-order valence-corrected chi connectivity index (χ2v) is 5.88. The maximum absolute atomic E-state index is 11.8. The van der Waals surface area contributed by atoms with Crippen molar-refractivity contribution in [2.75, 3.05) is 37.7 Å². The molecule has 1 saturated heterocycles. The fraction of sp³-hybridized carbons (Fsp3) is 0.389. The Kier molecular flexibility index (Phi) is 5.02. The molecule has 1 aliphatic rings. The number of phenolic OH excluding ortho intramolecular Hbond substituents is 1. The van der Waals surface area contributed by atoms with Gasteiger partial charge in [0.15, 0.2) is 5.82 Å². The number of phenols is 1. The molecule has 0 spiro atoms. The van der Waals surface area contributed by atoms with Crippen LogP contribution in [0.1, 0.15) is 12.6 Å². The average Bonchev–Trinajstić information content (AvgIpc) is 2.62. The lowest BCUT2D eigenvalue weighted by atomic mass is 10.2. The Hall–Kier alpha value is -2.83. The van der Waals surface area contributed by atoms with Crippen LogP contribution in [0.3, 0.4) is 0 Å². The molecule has 7 nitrogen and oxygen atoms in total. The van der Waals surface area contributed by atoms with Crippen molar-refractivity contribution >= 4 is 11.9 Å². The van der Waals surface area contributed by atoms with Crippen LogP contribution in [0.5, 0.6) is 5.75 Å². The maximum atomic E-state index is 11.8. The smallest absolute Gasteiger partial charge is 0.409 e. The van der Waals surface area contributed by atoms with E-state index in [-0.39, 0.29) is 11.8 Å². The number of piperazine rings is 1. The van der Waals surface area contributed by atoms with E-state index in [4.69, 9.17) is 4.74 Å². The van der Waals surface area contributed by atoms with E-state index >= 15 is 0 Å². The van der Waals surface area contributed by atoms with E-state index in [0.29, 0.717) is 44.2 Å². The molecule has 2 aromatic rings. The van der Waals surface area contributed by atoms with Crippen LogP contribution in [-0.2, 0) is 4.74 Å². The van der Waals surface area contributed by atoms with Gasteiger partial charge in [-0.15, -0.1) is 0 Å². The molecule has 25 heavy (non-hydrogen) atoms. The number of aromatic nitrogens is 2. The number of aryl methyl sites for hydroxylation is 1. The van der Waals surface area contributed by atoms with E-state index in [1.807, 2.05) is 19.1 Å². The lowest BCUT2D eigenvalue weighted by Crippen LogP contribution is -2.49. The van der Waals surface area contributed by atoms with E-state index in [2.05, 4.69) is 14.9 Å². The highest BCUT2D eigenvalue weighted by atomic mass is 16.6. The molecule has 2 heterocycles. The molecule has 7 heteroatoms. The highest BCUT2D eigenvalue weighted by Gasteiger charge is 2.23. The highest BCUT2D eigenvalue weighted by molar-refractivity contribution is 5.68. The molecule has 1 N–H and O–H groups in total. The van der Waals surface area contributed by atoms with Gasteiger partial charge in [-0.1, -0.05) is 12.1 Å². The Morgan fingerprint density at radius 2 is 1.92 bits per heavy atom. The summed E-state index contributed by atoms with van der Waals surface area (Å²) in [6.07, 6.45) is -0.268. The van der Waals surface area contributed by atoms with E-state index in [1.165, 1.54) is 0 Å². The van der Waals surface area contributed by atoms with E-state index in [0.717, 1.165) is 11.5 Å². The zero-order valence-corrected chi connectivity index (χ0v) is 14.5. The van der Waals surface area contributed by atoms with Gasteiger partial charge in [-0.25, -0.2) is 14.8 Å². The molecule has 0 bridgehead atoms. The van der Waals surface area contributed by atoms with Crippen molar-refractivity contribution in [1.82, 2.24) is 14.9 Å². The molecule has 1 aromatic carbocycles. The molecule has 3 rings (SSSR count). The molecule has 132 valence electrons. The maximum Gasteiger partial charge on any atom is 0.409 e. The first-order valence-corrected chi connectivity index (χ1v) is 8.39. The largest absolute Gasteiger partial charge is 0.507 e. The van der Waals surface area contributed by atoms with Gasteiger partial charge in [0.25, 0.3) is 0 Å². The van der Waals surface area contributed by atoms with Gasteiger partial charge >= 0.3 is 6.09 Å². The summed E-state index contributed by atoms with van der Waals surface area (Å²) in [5, 5.41) is 10.1. The van der Waals surface area contributed by atoms with Crippen LogP contribution in [-0.4, -0.2) is 58.9 Å². The number of amides is 1. The van der Waals surface area contributed by atoms with Gasteiger partial charge in [0, 0.05) is 37.9 Å². The van der Waals surface area contributed by atoms with Crippen molar-refractivity contribution in [2.24, 2.45) is 0 Å². The lowest BCUT2D eigenvalue weighted by molar-refractivity contribution is 0.105. The summed E-state index contributed by atoms with van der Waals surface area (Å²) in [5.41, 5.74) is 1.44. The number of hydrogen-bond donors (Lipinski definition) is 1. The Labute approximate surface area is 146 Å². The van der Waals surface area contributed by atoms with Gasteiger partial charge in [0.05, 0.1) is 12.2 Å². The van der Waals surface area contributed by atoms with Gasteiger partial charge in [-0.2, -0.15) is 0 Å². The van der Waals surface area contributed by atoms with Crippen LogP contribution in [0.2, 0.25) is 0 Å². The lowest BCUT2D eigenvalue weighted by Gasteiger charge is -2.34. The number of nitrogens with zero attached hydrogens (tertiary/aromatic N) is 4. The van der Waals surface area contributed by atoms with Crippen LogP contribution in [0.25, 0.3) is 11.4 Å². The summed E-state index contributed by atoms with van der Waals surface area (Å²) in [6, 6.07) is 8.96. The monoisotopic (exact) mass is 342 g/mol. The van der Waals surface area contributed by atoms with Crippen molar-refractivity contribution in [2.45, 2.75) is 13.8 Å². The Morgan fingerprint density at radius 3 is 2.60 bits per heavy atom. The van der Waals surface area contributed by atoms with Crippen LogP contribution in [0.4, 0.5) is 10.6 Å².